The van der Waals surface area contributed by atoms with E-state index in [9.17, 15) is 13.2 Å². The van der Waals surface area contributed by atoms with Crippen LogP contribution in [0.4, 0.5) is 4.79 Å². The first-order valence-corrected chi connectivity index (χ1v) is 17.0. The molecule has 5 aromatic rings. The summed E-state index contributed by atoms with van der Waals surface area (Å²) in [6, 6.07) is 17.1. The average molecular weight is 659 g/mol. The summed E-state index contributed by atoms with van der Waals surface area (Å²) in [6.45, 7) is 2.08. The Morgan fingerprint density at radius 2 is 1.70 bits per heavy atom. The highest BCUT2D eigenvalue weighted by atomic mass is 35.5. The molecule has 2 bridgehead atoms. The number of methoxy groups -OCH3 is 1. The molecule has 0 aliphatic carbocycles. The molecule has 2 aliphatic heterocycles. The van der Waals surface area contributed by atoms with Crippen molar-refractivity contribution >= 4 is 33.2 Å². The van der Waals surface area contributed by atoms with Gasteiger partial charge in [0.1, 0.15) is 11.4 Å². The van der Waals surface area contributed by atoms with Gasteiger partial charge in [-0.3, -0.25) is 4.98 Å². The van der Waals surface area contributed by atoms with Gasteiger partial charge in [-0.1, -0.05) is 35.9 Å². The zero-order valence-electron chi connectivity index (χ0n) is 25.2. The SMILES string of the molecule is CCOC(=O)N1C2CCC1CC(c1c(S(=O)(=O)c3ccccc3)nnc3c(-c4ccc(Cl)c(OC)c4)c(-c4ccncc4)nn13)C2. The van der Waals surface area contributed by atoms with Crippen molar-refractivity contribution in [3.63, 3.8) is 0 Å². The number of halogens is 1. The number of ether oxygens (including phenoxy) is 2. The molecule has 3 aromatic heterocycles. The number of rotatable bonds is 7. The van der Waals surface area contributed by atoms with Gasteiger partial charge in [0, 0.05) is 36.0 Å². The number of aromatic nitrogens is 5. The van der Waals surface area contributed by atoms with E-state index in [1.807, 2.05) is 23.1 Å². The Morgan fingerprint density at radius 3 is 2.37 bits per heavy atom. The number of nitrogens with zero attached hydrogens (tertiary/aromatic N) is 6. The predicted molar refractivity (Wildman–Crippen MR) is 171 cm³/mol. The lowest BCUT2D eigenvalue weighted by Gasteiger charge is -2.38. The fraction of sp³-hybridized carbons (Fsp3) is 0.303. The summed E-state index contributed by atoms with van der Waals surface area (Å²) in [5.41, 5.74) is 3.53. The Bertz CT molecular complexity index is 2030. The molecule has 46 heavy (non-hydrogen) atoms. The summed E-state index contributed by atoms with van der Waals surface area (Å²) >= 11 is 6.39. The maximum absolute atomic E-state index is 14.3. The van der Waals surface area contributed by atoms with Crippen LogP contribution in [0.1, 0.15) is 44.2 Å². The van der Waals surface area contributed by atoms with Gasteiger partial charge < -0.3 is 14.4 Å². The van der Waals surface area contributed by atoms with Gasteiger partial charge in [-0.05, 0) is 74.6 Å². The first kappa shape index (κ1) is 30.1. The fourth-order valence-electron chi connectivity index (χ4n) is 6.84. The molecule has 0 saturated carbocycles. The van der Waals surface area contributed by atoms with Crippen LogP contribution in [0.5, 0.6) is 5.75 Å². The third-order valence-electron chi connectivity index (χ3n) is 8.84. The van der Waals surface area contributed by atoms with E-state index in [0.29, 0.717) is 46.2 Å². The molecular weight excluding hydrogens is 628 g/mol. The van der Waals surface area contributed by atoms with Crippen molar-refractivity contribution in [3.8, 4) is 28.1 Å². The van der Waals surface area contributed by atoms with Crippen molar-refractivity contribution in [1.82, 2.24) is 29.7 Å². The van der Waals surface area contributed by atoms with Crippen LogP contribution < -0.4 is 4.74 Å². The number of pyridine rings is 1. The summed E-state index contributed by atoms with van der Waals surface area (Å²) in [4.78, 5) is 19.0. The molecule has 0 spiro atoms. The maximum atomic E-state index is 14.3. The largest absolute Gasteiger partial charge is 0.495 e. The maximum Gasteiger partial charge on any atom is 0.410 e. The molecule has 2 saturated heterocycles. The Balaban J connectivity index is 1.49. The molecule has 2 aromatic carbocycles. The summed E-state index contributed by atoms with van der Waals surface area (Å²) in [7, 11) is -2.56. The first-order chi connectivity index (χ1) is 22.3. The van der Waals surface area contributed by atoms with Gasteiger partial charge in [0.05, 0.1) is 34.9 Å². The van der Waals surface area contributed by atoms with E-state index in [-0.39, 0.29) is 40.6 Å². The zero-order chi connectivity index (χ0) is 32.0. The molecule has 11 nitrogen and oxygen atoms in total. The van der Waals surface area contributed by atoms with Crippen molar-refractivity contribution in [2.45, 2.75) is 60.5 Å². The number of carbonyl (C=O) groups is 1. The number of hydrogen-bond acceptors (Lipinski definition) is 9. The predicted octanol–water partition coefficient (Wildman–Crippen LogP) is 6.22. The molecule has 0 radical (unpaired) electrons. The average Bonchev–Trinajstić information content (AvgIpc) is 3.60. The molecule has 2 unspecified atom stereocenters. The van der Waals surface area contributed by atoms with Crippen LogP contribution in [0.25, 0.3) is 28.0 Å². The lowest BCUT2D eigenvalue weighted by Crippen LogP contribution is -2.46. The second kappa shape index (κ2) is 12.0. The summed E-state index contributed by atoms with van der Waals surface area (Å²) in [5, 5.41) is 14.4. The third-order valence-corrected chi connectivity index (χ3v) is 10.8. The number of amides is 1. The van der Waals surface area contributed by atoms with Crippen molar-refractivity contribution in [1.29, 1.82) is 0 Å². The van der Waals surface area contributed by atoms with E-state index in [1.54, 1.807) is 73.4 Å². The van der Waals surface area contributed by atoms with Crippen LogP contribution in [-0.4, -0.2) is 70.0 Å². The van der Waals surface area contributed by atoms with E-state index in [2.05, 4.69) is 15.2 Å². The van der Waals surface area contributed by atoms with Gasteiger partial charge in [-0.2, -0.15) is 5.10 Å². The van der Waals surface area contributed by atoms with Crippen LogP contribution >= 0.6 is 11.6 Å². The second-order valence-electron chi connectivity index (χ2n) is 11.4. The molecule has 2 fully saturated rings. The molecule has 2 atom stereocenters. The number of carbonyl (C=O) groups excluding carboxylic acids is 1. The van der Waals surface area contributed by atoms with Crippen LogP contribution in [0.3, 0.4) is 0 Å². The van der Waals surface area contributed by atoms with Crippen molar-refractivity contribution < 1.29 is 22.7 Å². The lowest BCUT2D eigenvalue weighted by atomic mass is 9.88. The standard InChI is InChI=1S/C33H31ClN6O5S/c1-3-45-33(41)39-23-10-11-24(39)18-22(17-23)30-32(46(42,43)25-7-5-4-6-8-25)37-36-31-28(21-9-12-26(34)27(19-21)44-2)29(38-40(30)31)20-13-15-35-16-14-20/h4-9,12-16,19,22-24H,3,10-11,17-18H2,1-2H3. The van der Waals surface area contributed by atoms with E-state index < -0.39 is 9.84 Å². The summed E-state index contributed by atoms with van der Waals surface area (Å²) in [6.07, 6.45) is 5.68. The fourth-order valence-corrected chi connectivity index (χ4v) is 8.45. The topological polar surface area (TPSA) is 129 Å². The molecular formula is C33H31ClN6O5S. The third kappa shape index (κ3) is 5.05. The molecule has 5 heterocycles. The van der Waals surface area contributed by atoms with E-state index in [0.717, 1.165) is 24.0 Å². The number of fused-ring (bicyclic) bond motifs is 3. The van der Waals surface area contributed by atoms with Crippen molar-refractivity contribution in [2.24, 2.45) is 0 Å². The Morgan fingerprint density at radius 1 is 0.978 bits per heavy atom. The van der Waals surface area contributed by atoms with Crippen LogP contribution in [-0.2, 0) is 14.6 Å². The molecule has 13 heteroatoms. The highest BCUT2D eigenvalue weighted by Gasteiger charge is 2.47. The lowest BCUT2D eigenvalue weighted by molar-refractivity contribution is 0.0681. The summed E-state index contributed by atoms with van der Waals surface area (Å²) in [5.74, 6) is 0.186. The van der Waals surface area contributed by atoms with Gasteiger partial charge in [-0.15, -0.1) is 10.2 Å². The highest BCUT2D eigenvalue weighted by Crippen LogP contribution is 2.46. The van der Waals surface area contributed by atoms with Gasteiger partial charge in [-0.25, -0.2) is 17.7 Å². The van der Waals surface area contributed by atoms with E-state index in [1.165, 1.54) is 0 Å². The Labute approximate surface area is 271 Å². The van der Waals surface area contributed by atoms with E-state index in [4.69, 9.17) is 26.2 Å². The van der Waals surface area contributed by atoms with Crippen molar-refractivity contribution in [2.75, 3.05) is 13.7 Å². The van der Waals surface area contributed by atoms with Gasteiger partial charge in [0.25, 0.3) is 0 Å². The quantitative estimate of drug-likeness (QED) is 0.200. The molecule has 2 aliphatic rings. The zero-order valence-corrected chi connectivity index (χ0v) is 26.8. The number of hydrogen-bond donors (Lipinski definition) is 0. The van der Waals surface area contributed by atoms with Gasteiger partial charge in [0.15, 0.2) is 5.65 Å². The minimum atomic E-state index is -4.10. The minimum absolute atomic E-state index is 0.103. The van der Waals surface area contributed by atoms with Gasteiger partial charge in [0.2, 0.25) is 14.9 Å². The molecule has 236 valence electrons. The van der Waals surface area contributed by atoms with Crippen LogP contribution in [0, 0.1) is 0 Å². The van der Waals surface area contributed by atoms with Crippen molar-refractivity contribution in [3.05, 3.63) is 83.8 Å². The monoisotopic (exact) mass is 658 g/mol. The minimum Gasteiger partial charge on any atom is -0.495 e. The van der Waals surface area contributed by atoms with E-state index >= 15 is 0 Å². The summed E-state index contributed by atoms with van der Waals surface area (Å²) < 4.78 is 41.1. The first-order valence-electron chi connectivity index (χ1n) is 15.1. The normalized spacial score (nSPS) is 19.4. The number of piperidine rings is 1. The smallest absolute Gasteiger partial charge is 0.410 e. The molecule has 0 N–H and O–H groups in total. The number of sulfone groups is 1. The second-order valence-corrected chi connectivity index (χ2v) is 13.7. The highest BCUT2D eigenvalue weighted by molar-refractivity contribution is 7.91. The van der Waals surface area contributed by atoms with Crippen LogP contribution in [0.15, 0.2) is 83.0 Å². The Hall–Kier alpha value is -4.55. The molecule has 1 amide bonds. The Kier molecular flexibility index (Phi) is 7.85. The van der Waals surface area contributed by atoms with Gasteiger partial charge >= 0.3 is 6.09 Å². The molecule has 7 rings (SSSR count). The number of benzene rings is 2. The van der Waals surface area contributed by atoms with Crippen LogP contribution in [0.2, 0.25) is 5.02 Å².